The van der Waals surface area contributed by atoms with E-state index in [1.165, 1.54) is 12.0 Å². The molecule has 3 rings (SSSR count). The molecule has 1 N–H and O–H groups in total. The molecule has 1 saturated heterocycles. The van der Waals surface area contributed by atoms with Crippen molar-refractivity contribution in [3.05, 3.63) is 42.7 Å². The summed E-state index contributed by atoms with van der Waals surface area (Å²) in [5, 5.41) is 3.52. The summed E-state index contributed by atoms with van der Waals surface area (Å²) in [6, 6.07) is 10.3. The van der Waals surface area contributed by atoms with Crippen LogP contribution >= 0.6 is 0 Å². The second kappa shape index (κ2) is 6.68. The van der Waals surface area contributed by atoms with Crippen molar-refractivity contribution >= 4 is 0 Å². The third kappa shape index (κ3) is 3.26. The Morgan fingerprint density at radius 1 is 1.30 bits per heavy atom. The summed E-state index contributed by atoms with van der Waals surface area (Å²) in [5.41, 5.74) is 1.17. The number of nitrogens with one attached hydrogen (secondary N) is 1. The van der Waals surface area contributed by atoms with Gasteiger partial charge in [0.1, 0.15) is 5.82 Å². The Labute approximate surface area is 119 Å². The van der Waals surface area contributed by atoms with Crippen molar-refractivity contribution in [2.45, 2.75) is 13.0 Å². The van der Waals surface area contributed by atoms with Crippen molar-refractivity contribution in [3.63, 3.8) is 0 Å². The van der Waals surface area contributed by atoms with Gasteiger partial charge in [0.2, 0.25) is 0 Å². The Morgan fingerprint density at radius 2 is 2.20 bits per heavy atom. The summed E-state index contributed by atoms with van der Waals surface area (Å²) >= 11 is 0. The number of hydrogen-bond donors (Lipinski definition) is 1. The molecule has 2 aromatic rings. The summed E-state index contributed by atoms with van der Waals surface area (Å²) in [5.74, 6) is 1.72. The SMILES string of the molecule is c1ccc(-c2nccn2CCNCC2CCOC2)cc1. The van der Waals surface area contributed by atoms with E-state index in [0.29, 0.717) is 5.92 Å². The minimum atomic E-state index is 0.686. The Kier molecular flexibility index (Phi) is 4.46. The maximum absolute atomic E-state index is 5.38. The molecule has 0 spiro atoms. The summed E-state index contributed by atoms with van der Waals surface area (Å²) in [7, 11) is 0. The summed E-state index contributed by atoms with van der Waals surface area (Å²) in [4.78, 5) is 4.46. The van der Waals surface area contributed by atoms with E-state index in [1.807, 2.05) is 30.6 Å². The quantitative estimate of drug-likeness (QED) is 0.819. The van der Waals surface area contributed by atoms with Gasteiger partial charge in [0.25, 0.3) is 0 Å². The molecule has 0 amide bonds. The molecule has 1 unspecified atom stereocenters. The number of rotatable bonds is 6. The van der Waals surface area contributed by atoms with Gasteiger partial charge < -0.3 is 14.6 Å². The van der Waals surface area contributed by atoms with Crippen LogP contribution in [0.4, 0.5) is 0 Å². The molecule has 0 bridgehead atoms. The fraction of sp³-hybridized carbons (Fsp3) is 0.438. The van der Waals surface area contributed by atoms with Gasteiger partial charge in [-0.15, -0.1) is 0 Å². The van der Waals surface area contributed by atoms with Crippen LogP contribution in [0.1, 0.15) is 6.42 Å². The highest BCUT2D eigenvalue weighted by Gasteiger charge is 2.14. The number of ether oxygens (including phenoxy) is 1. The van der Waals surface area contributed by atoms with Gasteiger partial charge in [-0.05, 0) is 12.3 Å². The minimum absolute atomic E-state index is 0.686. The Bertz CT molecular complexity index is 518. The van der Waals surface area contributed by atoms with Crippen LogP contribution in [-0.2, 0) is 11.3 Å². The van der Waals surface area contributed by atoms with E-state index < -0.39 is 0 Å². The lowest BCUT2D eigenvalue weighted by atomic mass is 10.1. The van der Waals surface area contributed by atoms with E-state index >= 15 is 0 Å². The molecule has 1 fully saturated rings. The van der Waals surface area contributed by atoms with Gasteiger partial charge >= 0.3 is 0 Å². The predicted molar refractivity (Wildman–Crippen MR) is 79.5 cm³/mol. The fourth-order valence-corrected chi connectivity index (χ4v) is 2.59. The largest absolute Gasteiger partial charge is 0.381 e. The molecule has 1 aliphatic heterocycles. The van der Waals surface area contributed by atoms with Crippen LogP contribution in [0, 0.1) is 5.92 Å². The van der Waals surface area contributed by atoms with Crippen LogP contribution < -0.4 is 5.32 Å². The molecule has 106 valence electrons. The van der Waals surface area contributed by atoms with Crippen LogP contribution in [0.3, 0.4) is 0 Å². The average Bonchev–Trinajstić information content (AvgIpc) is 3.16. The van der Waals surface area contributed by atoms with E-state index in [-0.39, 0.29) is 0 Å². The molecule has 1 aliphatic rings. The monoisotopic (exact) mass is 271 g/mol. The van der Waals surface area contributed by atoms with E-state index in [2.05, 4.69) is 27.0 Å². The highest BCUT2D eigenvalue weighted by molar-refractivity contribution is 5.55. The van der Waals surface area contributed by atoms with Crippen LogP contribution in [0.5, 0.6) is 0 Å². The molecule has 1 aromatic carbocycles. The van der Waals surface area contributed by atoms with Crippen molar-refractivity contribution in [2.75, 3.05) is 26.3 Å². The highest BCUT2D eigenvalue weighted by atomic mass is 16.5. The molecule has 4 nitrogen and oxygen atoms in total. The Hall–Kier alpha value is -1.65. The lowest BCUT2D eigenvalue weighted by Gasteiger charge is -2.11. The van der Waals surface area contributed by atoms with E-state index in [9.17, 15) is 0 Å². The third-order valence-electron chi connectivity index (χ3n) is 3.73. The Morgan fingerprint density at radius 3 is 3.00 bits per heavy atom. The number of aromatic nitrogens is 2. The average molecular weight is 271 g/mol. The predicted octanol–water partition coefficient (Wildman–Crippen LogP) is 2.18. The van der Waals surface area contributed by atoms with Crippen molar-refractivity contribution in [3.8, 4) is 11.4 Å². The molecular weight excluding hydrogens is 250 g/mol. The summed E-state index contributed by atoms with van der Waals surface area (Å²) in [6.07, 6.45) is 5.10. The molecular formula is C16H21N3O. The first-order valence-electron chi connectivity index (χ1n) is 7.28. The smallest absolute Gasteiger partial charge is 0.139 e. The van der Waals surface area contributed by atoms with Crippen molar-refractivity contribution in [1.82, 2.24) is 14.9 Å². The van der Waals surface area contributed by atoms with Crippen molar-refractivity contribution in [2.24, 2.45) is 5.92 Å². The summed E-state index contributed by atoms with van der Waals surface area (Å²) < 4.78 is 7.58. The van der Waals surface area contributed by atoms with Gasteiger partial charge in [-0.3, -0.25) is 0 Å². The number of benzene rings is 1. The molecule has 1 aromatic heterocycles. The second-order valence-electron chi connectivity index (χ2n) is 5.24. The van der Waals surface area contributed by atoms with Gasteiger partial charge in [0.05, 0.1) is 6.61 Å². The number of nitrogens with zero attached hydrogens (tertiary/aromatic N) is 2. The third-order valence-corrected chi connectivity index (χ3v) is 3.73. The molecule has 2 heterocycles. The van der Waals surface area contributed by atoms with Crippen molar-refractivity contribution < 1.29 is 4.74 Å². The number of imidazole rings is 1. The normalized spacial score (nSPS) is 18.5. The second-order valence-corrected chi connectivity index (χ2v) is 5.24. The van der Waals surface area contributed by atoms with Crippen molar-refractivity contribution in [1.29, 1.82) is 0 Å². The lowest BCUT2D eigenvalue weighted by molar-refractivity contribution is 0.185. The van der Waals surface area contributed by atoms with Crippen LogP contribution in [0.15, 0.2) is 42.7 Å². The lowest BCUT2D eigenvalue weighted by Crippen LogP contribution is -2.26. The molecule has 0 aliphatic carbocycles. The minimum Gasteiger partial charge on any atom is -0.381 e. The van der Waals surface area contributed by atoms with Crippen LogP contribution in [0.2, 0.25) is 0 Å². The first-order valence-corrected chi connectivity index (χ1v) is 7.28. The van der Waals surface area contributed by atoms with Gasteiger partial charge in [-0.1, -0.05) is 30.3 Å². The van der Waals surface area contributed by atoms with Crippen LogP contribution in [0.25, 0.3) is 11.4 Å². The molecule has 0 saturated carbocycles. The highest BCUT2D eigenvalue weighted by Crippen LogP contribution is 2.16. The Balaban J connectivity index is 1.52. The molecule has 20 heavy (non-hydrogen) atoms. The topological polar surface area (TPSA) is 39.1 Å². The van der Waals surface area contributed by atoms with Gasteiger partial charge in [-0.25, -0.2) is 4.98 Å². The fourth-order valence-electron chi connectivity index (χ4n) is 2.59. The van der Waals surface area contributed by atoms with E-state index in [1.54, 1.807) is 0 Å². The molecule has 0 radical (unpaired) electrons. The van der Waals surface area contributed by atoms with E-state index in [0.717, 1.165) is 38.7 Å². The zero-order valence-electron chi connectivity index (χ0n) is 11.7. The maximum atomic E-state index is 5.38. The van der Waals surface area contributed by atoms with Crippen LogP contribution in [-0.4, -0.2) is 35.9 Å². The number of hydrogen-bond acceptors (Lipinski definition) is 3. The van der Waals surface area contributed by atoms with Gasteiger partial charge in [0.15, 0.2) is 0 Å². The maximum Gasteiger partial charge on any atom is 0.139 e. The molecule has 4 heteroatoms. The summed E-state index contributed by atoms with van der Waals surface area (Å²) in [6.45, 7) is 4.79. The first kappa shape index (κ1) is 13.3. The first-order chi connectivity index (χ1) is 9.93. The zero-order chi connectivity index (χ0) is 13.6. The van der Waals surface area contributed by atoms with Gasteiger partial charge in [-0.2, -0.15) is 0 Å². The van der Waals surface area contributed by atoms with Gasteiger partial charge in [0, 0.05) is 44.2 Å². The van der Waals surface area contributed by atoms with E-state index in [4.69, 9.17) is 4.74 Å². The standard InChI is InChI=1S/C16H21N3O/c1-2-4-15(5-3-1)16-18-8-10-19(16)9-7-17-12-14-6-11-20-13-14/h1-5,8,10,14,17H,6-7,9,11-13H2. The zero-order valence-corrected chi connectivity index (χ0v) is 11.7. The molecule has 1 atom stereocenters.